The van der Waals surface area contributed by atoms with Gasteiger partial charge in [0.15, 0.2) is 0 Å². The maximum Gasteiger partial charge on any atom is 0.259 e. The molecule has 0 bridgehead atoms. The van der Waals surface area contributed by atoms with E-state index < -0.39 is 11.7 Å². The first-order valence-electron chi connectivity index (χ1n) is 12.0. The summed E-state index contributed by atoms with van der Waals surface area (Å²) >= 11 is 0. The Labute approximate surface area is 211 Å². The van der Waals surface area contributed by atoms with Crippen LogP contribution in [0.3, 0.4) is 0 Å². The van der Waals surface area contributed by atoms with Gasteiger partial charge in [0.05, 0.1) is 67.0 Å². The van der Waals surface area contributed by atoms with Crippen LogP contribution in [0.5, 0.6) is 0 Å². The summed E-state index contributed by atoms with van der Waals surface area (Å²) in [6.07, 6.45) is 8.14. The molecule has 0 saturated carbocycles. The van der Waals surface area contributed by atoms with E-state index in [0.29, 0.717) is 28.7 Å². The summed E-state index contributed by atoms with van der Waals surface area (Å²) < 4.78 is 23.2. The number of ether oxygens (including phenoxy) is 1. The van der Waals surface area contributed by atoms with Crippen molar-refractivity contribution in [1.82, 2.24) is 29.3 Å². The number of carbonyl (C=O) groups excluding carboxylic acids is 2. The molecule has 2 amide bonds. The third kappa shape index (κ3) is 4.68. The number of likely N-dealkylation sites (tertiary alicyclic amines) is 1. The Balaban J connectivity index is 1.13. The highest BCUT2D eigenvalue weighted by Gasteiger charge is 2.37. The Hall–Kier alpha value is -4.16. The molecule has 190 valence electrons. The van der Waals surface area contributed by atoms with Crippen LogP contribution >= 0.6 is 0 Å². The summed E-state index contributed by atoms with van der Waals surface area (Å²) in [5.41, 5.74) is 2.52. The number of aromatic nitrogens is 5. The second-order valence-electron chi connectivity index (χ2n) is 9.51. The minimum absolute atomic E-state index is 0.0463. The molecule has 11 nitrogen and oxygen atoms in total. The molecule has 3 aromatic heterocycles. The van der Waals surface area contributed by atoms with Crippen LogP contribution in [0.2, 0.25) is 0 Å². The molecule has 0 radical (unpaired) electrons. The zero-order valence-corrected chi connectivity index (χ0v) is 20.1. The van der Waals surface area contributed by atoms with Gasteiger partial charge in [0.1, 0.15) is 5.82 Å². The number of fused-ring (bicyclic) bond motifs is 2. The number of benzene rings is 1. The molecule has 1 aromatic carbocycles. The van der Waals surface area contributed by atoms with Gasteiger partial charge >= 0.3 is 0 Å². The van der Waals surface area contributed by atoms with Crippen molar-refractivity contribution in [3.8, 4) is 11.3 Å². The molecule has 2 aliphatic rings. The van der Waals surface area contributed by atoms with Crippen molar-refractivity contribution in [2.45, 2.75) is 0 Å². The Morgan fingerprint density at radius 2 is 1.89 bits per heavy atom. The number of hydrogen-bond donors (Lipinski definition) is 2. The first-order chi connectivity index (χ1) is 17.9. The lowest BCUT2D eigenvalue weighted by Crippen LogP contribution is -2.32. The fourth-order valence-electron chi connectivity index (χ4n) is 4.97. The maximum atomic E-state index is 14.5. The van der Waals surface area contributed by atoms with Gasteiger partial charge in [-0.15, -0.1) is 0 Å². The van der Waals surface area contributed by atoms with E-state index >= 15 is 0 Å². The number of aryl methyl sites for hydroxylation is 1. The monoisotopic (exact) mass is 504 g/mol. The van der Waals surface area contributed by atoms with Crippen molar-refractivity contribution in [2.24, 2.45) is 18.9 Å². The van der Waals surface area contributed by atoms with E-state index in [1.807, 2.05) is 13.2 Å². The van der Waals surface area contributed by atoms with Crippen LogP contribution in [-0.2, 0) is 16.6 Å². The highest BCUT2D eigenvalue weighted by molar-refractivity contribution is 6.09. The molecule has 2 atom stereocenters. The van der Waals surface area contributed by atoms with Crippen LogP contribution in [0.15, 0.2) is 49.2 Å². The number of nitrogens with one attached hydrogen (secondary N) is 2. The quantitative estimate of drug-likeness (QED) is 0.413. The largest absolute Gasteiger partial charge is 0.381 e. The van der Waals surface area contributed by atoms with Crippen LogP contribution in [0.1, 0.15) is 10.4 Å². The van der Waals surface area contributed by atoms with Crippen molar-refractivity contribution in [1.29, 1.82) is 0 Å². The van der Waals surface area contributed by atoms with Crippen LogP contribution in [0.4, 0.5) is 15.8 Å². The third-order valence-electron chi connectivity index (χ3n) is 6.83. The number of halogens is 1. The van der Waals surface area contributed by atoms with Gasteiger partial charge in [-0.05, 0) is 18.2 Å². The molecule has 2 saturated heterocycles. The minimum Gasteiger partial charge on any atom is -0.381 e. The number of hydrogen-bond acceptors (Lipinski definition) is 7. The van der Waals surface area contributed by atoms with E-state index in [2.05, 4.69) is 30.7 Å². The number of carbonyl (C=O) groups is 2. The molecular formula is C25H25FN8O3. The van der Waals surface area contributed by atoms with Crippen LogP contribution < -0.4 is 10.6 Å². The van der Waals surface area contributed by atoms with Gasteiger partial charge in [0.2, 0.25) is 5.91 Å². The average Bonchev–Trinajstić information content (AvgIpc) is 3.64. The highest BCUT2D eigenvalue weighted by atomic mass is 19.1. The van der Waals surface area contributed by atoms with Gasteiger partial charge < -0.3 is 15.4 Å². The van der Waals surface area contributed by atoms with E-state index in [0.717, 1.165) is 31.9 Å². The fraction of sp³-hybridized carbons (Fsp3) is 0.320. The van der Waals surface area contributed by atoms with Gasteiger partial charge in [0, 0.05) is 49.4 Å². The first kappa shape index (κ1) is 23.3. The number of amides is 2. The molecule has 2 fully saturated rings. The molecule has 0 aliphatic carbocycles. The summed E-state index contributed by atoms with van der Waals surface area (Å²) in [6.45, 7) is 3.42. The molecule has 6 rings (SSSR count). The van der Waals surface area contributed by atoms with Gasteiger partial charge in [-0.3, -0.25) is 24.2 Å². The molecule has 0 spiro atoms. The lowest BCUT2D eigenvalue weighted by molar-refractivity contribution is -0.117. The fourth-order valence-corrected chi connectivity index (χ4v) is 4.97. The topological polar surface area (TPSA) is 119 Å². The zero-order chi connectivity index (χ0) is 25.5. The van der Waals surface area contributed by atoms with E-state index in [4.69, 9.17) is 4.74 Å². The molecule has 37 heavy (non-hydrogen) atoms. The average molecular weight is 505 g/mol. The smallest absolute Gasteiger partial charge is 0.259 e. The molecule has 2 aliphatic heterocycles. The van der Waals surface area contributed by atoms with Gasteiger partial charge in [-0.2, -0.15) is 10.2 Å². The zero-order valence-electron chi connectivity index (χ0n) is 20.1. The number of anilines is 2. The maximum absolute atomic E-state index is 14.5. The van der Waals surface area contributed by atoms with Gasteiger partial charge in [0.25, 0.3) is 5.91 Å². The van der Waals surface area contributed by atoms with Crippen LogP contribution in [0.25, 0.3) is 16.8 Å². The summed E-state index contributed by atoms with van der Waals surface area (Å²) in [7, 11) is 1.81. The first-order valence-corrected chi connectivity index (χ1v) is 12.0. The number of nitrogens with zero attached hydrogens (tertiary/aromatic N) is 6. The van der Waals surface area contributed by atoms with Crippen molar-refractivity contribution in [2.75, 3.05) is 43.5 Å². The number of rotatable bonds is 6. The molecule has 5 heterocycles. The Morgan fingerprint density at radius 1 is 1.08 bits per heavy atom. The summed E-state index contributed by atoms with van der Waals surface area (Å²) in [6, 6.07) is 4.08. The normalized spacial score (nSPS) is 19.3. The van der Waals surface area contributed by atoms with Crippen molar-refractivity contribution in [3.63, 3.8) is 0 Å². The Bertz CT molecular complexity index is 1490. The van der Waals surface area contributed by atoms with Crippen molar-refractivity contribution >= 4 is 28.7 Å². The predicted octanol–water partition coefficient (Wildman–Crippen LogP) is 2.04. The summed E-state index contributed by atoms with van der Waals surface area (Å²) in [5.74, 6) is -0.385. The van der Waals surface area contributed by atoms with E-state index in [9.17, 15) is 14.0 Å². The van der Waals surface area contributed by atoms with E-state index in [1.54, 1.807) is 17.1 Å². The Morgan fingerprint density at radius 3 is 2.65 bits per heavy atom. The minimum atomic E-state index is -0.618. The second kappa shape index (κ2) is 9.37. The van der Waals surface area contributed by atoms with Crippen LogP contribution in [-0.4, -0.2) is 73.9 Å². The summed E-state index contributed by atoms with van der Waals surface area (Å²) in [5, 5.41) is 13.8. The standard InChI is InChI=1S/C25H25FN8O3/c1-32-8-15(5-28-32)22-11-34-23(7-27-22)19(6-29-34)25(36)31-21-4-18(2-3-20(21)26)30-24(35)12-33-9-16-13-37-14-17(16)10-33/h2-8,11,16-17H,9-10,12-14H2,1H3,(H,30,35)(H,31,36). The van der Waals surface area contributed by atoms with Crippen LogP contribution in [0, 0.1) is 17.7 Å². The van der Waals surface area contributed by atoms with E-state index in [-0.39, 0.29) is 23.7 Å². The SMILES string of the molecule is Cn1cc(-c2cn3ncc(C(=O)Nc4cc(NC(=O)CN5CC6COCC6C5)ccc4F)c3cn2)cn1. The molecule has 2 unspecified atom stereocenters. The molecule has 12 heteroatoms. The predicted molar refractivity (Wildman–Crippen MR) is 132 cm³/mol. The van der Waals surface area contributed by atoms with E-state index in [1.165, 1.54) is 35.1 Å². The third-order valence-corrected chi connectivity index (χ3v) is 6.83. The second-order valence-corrected chi connectivity index (χ2v) is 9.51. The molecule has 2 N–H and O–H groups in total. The van der Waals surface area contributed by atoms with Gasteiger partial charge in [-0.1, -0.05) is 0 Å². The lowest BCUT2D eigenvalue weighted by Gasteiger charge is -2.16. The van der Waals surface area contributed by atoms with Crippen molar-refractivity contribution < 1.29 is 18.7 Å². The Kier molecular flexibility index (Phi) is 5.89. The highest BCUT2D eigenvalue weighted by Crippen LogP contribution is 2.29. The van der Waals surface area contributed by atoms with Gasteiger partial charge in [-0.25, -0.2) is 8.91 Å². The lowest BCUT2D eigenvalue weighted by atomic mass is 10.0. The molecule has 4 aromatic rings. The molecular weight excluding hydrogens is 479 g/mol. The van der Waals surface area contributed by atoms with Crippen molar-refractivity contribution in [3.05, 3.63) is 60.6 Å². The summed E-state index contributed by atoms with van der Waals surface area (Å²) in [4.78, 5) is 32.1.